The summed E-state index contributed by atoms with van der Waals surface area (Å²) in [5, 5.41) is 11.1. The van der Waals surface area contributed by atoms with Gasteiger partial charge in [0.15, 0.2) is 11.5 Å². The van der Waals surface area contributed by atoms with Crippen LogP contribution in [0.15, 0.2) is 48.5 Å². The van der Waals surface area contributed by atoms with Crippen molar-refractivity contribution in [2.24, 2.45) is 11.8 Å². The van der Waals surface area contributed by atoms with E-state index in [2.05, 4.69) is 18.7 Å². The van der Waals surface area contributed by atoms with Crippen molar-refractivity contribution in [1.29, 1.82) is 0 Å². The maximum Gasteiger partial charge on any atom is 0.303 e. The fourth-order valence-corrected chi connectivity index (χ4v) is 8.82. The Kier molecular flexibility index (Phi) is 6.65. The van der Waals surface area contributed by atoms with Crippen LogP contribution in [-0.4, -0.2) is 70.2 Å². The molecule has 0 unspecified atom stereocenters. The number of carbonyl (C=O) groups is 2. The first-order valence-corrected chi connectivity index (χ1v) is 15.7. The molecule has 2 saturated carbocycles. The van der Waals surface area contributed by atoms with Gasteiger partial charge < -0.3 is 19.5 Å². The lowest BCUT2D eigenvalue weighted by atomic mass is 9.48. The van der Waals surface area contributed by atoms with Crippen LogP contribution in [0, 0.1) is 11.8 Å². The number of nitrogens with zero attached hydrogens (tertiary/aromatic N) is 2. The van der Waals surface area contributed by atoms with E-state index in [4.69, 9.17) is 9.47 Å². The Morgan fingerprint density at radius 3 is 2.64 bits per heavy atom. The number of phenolic OH excluding ortho intramolecular Hbond substituents is 1. The lowest BCUT2D eigenvalue weighted by molar-refractivity contribution is -0.224. The highest BCUT2D eigenvalue weighted by atomic mass is 16.6. The summed E-state index contributed by atoms with van der Waals surface area (Å²) in [6, 6.07) is 13.5. The number of hydrogen-bond donors (Lipinski definition) is 1. The van der Waals surface area contributed by atoms with Gasteiger partial charge in [0.1, 0.15) is 11.7 Å². The van der Waals surface area contributed by atoms with E-state index >= 15 is 0 Å². The van der Waals surface area contributed by atoms with Crippen LogP contribution < -0.4 is 4.74 Å². The Bertz CT molecular complexity index is 1420. The first-order valence-electron chi connectivity index (χ1n) is 15.7. The van der Waals surface area contributed by atoms with E-state index in [1.165, 1.54) is 25.3 Å². The maximum absolute atomic E-state index is 14.0. The van der Waals surface area contributed by atoms with Crippen LogP contribution in [0.5, 0.6) is 11.5 Å². The molecule has 7 nitrogen and oxygen atoms in total. The zero-order chi connectivity index (χ0) is 29.2. The Labute approximate surface area is 248 Å². The monoisotopic (exact) mass is 570 g/mol. The fraction of sp³-hybridized carbons (Fsp3) is 0.543. The molecular formula is C35H42N2O5. The average molecular weight is 571 g/mol. The van der Waals surface area contributed by atoms with E-state index in [1.54, 1.807) is 12.1 Å². The van der Waals surface area contributed by atoms with Crippen LogP contribution >= 0.6 is 0 Å². The summed E-state index contributed by atoms with van der Waals surface area (Å²) >= 11 is 0. The molecule has 7 heteroatoms. The van der Waals surface area contributed by atoms with Crippen molar-refractivity contribution in [3.63, 3.8) is 0 Å². The number of benzene rings is 2. The Hall–Kier alpha value is -3.32. The molecule has 0 radical (unpaired) electrons. The zero-order valence-electron chi connectivity index (χ0n) is 24.9. The molecule has 1 N–H and O–H groups in total. The van der Waals surface area contributed by atoms with Gasteiger partial charge >= 0.3 is 5.97 Å². The van der Waals surface area contributed by atoms with Gasteiger partial charge in [0.2, 0.25) is 5.91 Å². The largest absolute Gasteiger partial charge is 0.504 e. The number of rotatable bonds is 8. The number of phenols is 1. The molecule has 2 heterocycles. The normalized spacial score (nSPS) is 31.1. The Balaban J connectivity index is 1.33. The second kappa shape index (κ2) is 10.1. The predicted molar refractivity (Wildman–Crippen MR) is 160 cm³/mol. The number of piperidine rings is 1. The van der Waals surface area contributed by atoms with Gasteiger partial charge in [-0.15, -0.1) is 0 Å². The molecular weight excluding hydrogens is 528 g/mol. The van der Waals surface area contributed by atoms with Gasteiger partial charge in [-0.05, 0) is 80.2 Å². The van der Waals surface area contributed by atoms with Gasteiger partial charge in [-0.25, -0.2) is 0 Å². The minimum Gasteiger partial charge on any atom is -0.504 e. The van der Waals surface area contributed by atoms with Crippen molar-refractivity contribution in [3.05, 3.63) is 65.2 Å². The van der Waals surface area contributed by atoms with Crippen LogP contribution in [0.3, 0.4) is 0 Å². The zero-order valence-corrected chi connectivity index (χ0v) is 24.9. The number of carbonyl (C=O) groups excluding carboxylic acids is 2. The molecule has 42 heavy (non-hydrogen) atoms. The smallest absolute Gasteiger partial charge is 0.303 e. The maximum atomic E-state index is 14.0. The molecule has 1 spiro atoms. The third-order valence-corrected chi connectivity index (χ3v) is 10.5. The van der Waals surface area contributed by atoms with Gasteiger partial charge in [-0.2, -0.15) is 0 Å². The van der Waals surface area contributed by atoms with Crippen molar-refractivity contribution < 1.29 is 24.2 Å². The van der Waals surface area contributed by atoms with Crippen molar-refractivity contribution in [2.75, 3.05) is 19.6 Å². The summed E-state index contributed by atoms with van der Waals surface area (Å²) < 4.78 is 13.4. The van der Waals surface area contributed by atoms with E-state index in [0.29, 0.717) is 31.1 Å². The topological polar surface area (TPSA) is 79.3 Å². The van der Waals surface area contributed by atoms with Crippen LogP contribution in [0.4, 0.5) is 0 Å². The van der Waals surface area contributed by atoms with Crippen molar-refractivity contribution >= 4 is 18.0 Å². The van der Waals surface area contributed by atoms with Crippen LogP contribution in [0.2, 0.25) is 0 Å². The van der Waals surface area contributed by atoms with Crippen LogP contribution in [-0.2, 0) is 26.2 Å². The molecule has 3 fully saturated rings. The summed E-state index contributed by atoms with van der Waals surface area (Å²) in [6.45, 7) is 8.29. The van der Waals surface area contributed by atoms with E-state index in [0.717, 1.165) is 37.1 Å². The molecule has 2 aromatic rings. The van der Waals surface area contributed by atoms with Crippen molar-refractivity contribution in [2.45, 2.75) is 88.5 Å². The molecule has 0 aromatic heterocycles. The van der Waals surface area contributed by atoms with E-state index in [1.807, 2.05) is 47.4 Å². The summed E-state index contributed by atoms with van der Waals surface area (Å²) in [7, 11) is 0. The molecule has 7 rings (SSSR count). The molecule has 2 aromatic carbocycles. The third kappa shape index (κ3) is 4.18. The fourth-order valence-electron chi connectivity index (χ4n) is 8.82. The third-order valence-electron chi connectivity index (χ3n) is 10.5. The number of aromatic hydroxyl groups is 1. The highest BCUT2D eigenvalue weighted by Crippen LogP contribution is 2.67. The summed E-state index contributed by atoms with van der Waals surface area (Å²) in [4.78, 5) is 31.5. The second-order valence-electron chi connectivity index (χ2n) is 13.6. The number of esters is 1. The Morgan fingerprint density at radius 1 is 1.14 bits per heavy atom. The lowest BCUT2D eigenvalue weighted by Crippen LogP contribution is -2.79. The number of likely N-dealkylation sites (tertiary alicyclic amines) is 1. The summed E-state index contributed by atoms with van der Waals surface area (Å²) in [5.41, 5.74) is 1.75. The number of ether oxygens (including phenoxy) is 2. The van der Waals surface area contributed by atoms with Gasteiger partial charge in [-0.1, -0.05) is 50.2 Å². The quantitative estimate of drug-likeness (QED) is 0.352. The highest BCUT2D eigenvalue weighted by Gasteiger charge is 2.75. The van der Waals surface area contributed by atoms with E-state index in [9.17, 15) is 14.7 Å². The first-order chi connectivity index (χ1) is 20.2. The molecule has 222 valence electrons. The van der Waals surface area contributed by atoms with Gasteiger partial charge in [-0.3, -0.25) is 14.5 Å². The highest BCUT2D eigenvalue weighted by molar-refractivity contribution is 5.92. The molecule has 1 amide bonds. The standard InChI is InChI=1S/C35H42N2O5/c1-22(2)20-37(30(40)14-11-24-7-5-4-6-8-24)27-15-16-35(42-23(3)38)29-19-26-12-13-28(39)32-31(26)34(35,33(27)41-32)17-18-36(29)21-25-9-10-25/h4-8,11-14,22,25,27,29,33,39H,9-10,15-21H2,1-3H3/t27-,29-,33+,34+,35-/m1/s1. The first kappa shape index (κ1) is 27.5. The molecule has 2 aliphatic heterocycles. The number of amides is 1. The molecule has 5 atom stereocenters. The van der Waals surface area contributed by atoms with Crippen LogP contribution in [0.1, 0.15) is 69.6 Å². The summed E-state index contributed by atoms with van der Waals surface area (Å²) in [5.74, 6) is 1.29. The average Bonchev–Trinajstić information content (AvgIpc) is 3.71. The predicted octanol–water partition coefficient (Wildman–Crippen LogP) is 5.09. The molecule has 1 saturated heterocycles. The van der Waals surface area contributed by atoms with Crippen molar-refractivity contribution in [1.82, 2.24) is 9.80 Å². The Morgan fingerprint density at radius 2 is 1.93 bits per heavy atom. The second-order valence-corrected chi connectivity index (χ2v) is 13.6. The molecule has 5 aliphatic rings. The van der Waals surface area contributed by atoms with Gasteiger partial charge in [0.05, 0.1) is 17.5 Å². The number of hydrogen-bond acceptors (Lipinski definition) is 6. The van der Waals surface area contributed by atoms with E-state index in [-0.39, 0.29) is 35.6 Å². The lowest BCUT2D eigenvalue weighted by Gasteiger charge is -2.65. The van der Waals surface area contributed by atoms with Gasteiger partial charge in [0, 0.05) is 31.7 Å². The molecule has 2 bridgehead atoms. The SMILES string of the molecule is CC(=O)O[C@@]12CC[C@@H](N(CC(C)C)C(=O)C=Cc3ccccc3)[C@@H]3Oc4c(O)ccc5c4[C@@]31CCN(CC1CC1)[C@@H]2C5. The minimum atomic E-state index is -0.772. The van der Waals surface area contributed by atoms with Crippen molar-refractivity contribution in [3.8, 4) is 11.5 Å². The summed E-state index contributed by atoms with van der Waals surface area (Å²) in [6.07, 6.45) is 8.50. The molecule has 3 aliphatic carbocycles. The minimum absolute atomic E-state index is 0.0398. The van der Waals surface area contributed by atoms with Gasteiger partial charge in [0.25, 0.3) is 0 Å². The van der Waals surface area contributed by atoms with Crippen LogP contribution in [0.25, 0.3) is 6.08 Å². The van der Waals surface area contributed by atoms with E-state index < -0.39 is 17.1 Å².